The van der Waals surface area contributed by atoms with Gasteiger partial charge in [-0.2, -0.15) is 0 Å². The van der Waals surface area contributed by atoms with Gasteiger partial charge in [0.15, 0.2) is 0 Å². The van der Waals surface area contributed by atoms with Gasteiger partial charge in [-0.15, -0.1) is 0 Å². The lowest BCUT2D eigenvalue weighted by molar-refractivity contribution is 0.822. The van der Waals surface area contributed by atoms with Crippen LogP contribution in [0.15, 0.2) is 72.8 Å². The molecule has 0 atom stereocenters. The molecule has 0 bridgehead atoms. The molecule has 21 heavy (non-hydrogen) atoms. The fraction of sp³-hybridized carbons (Fsp3) is 0.143. The molecule has 1 aliphatic rings. The highest BCUT2D eigenvalue weighted by atomic mass is 14.3. The van der Waals surface area contributed by atoms with E-state index < -0.39 is 0 Å². The summed E-state index contributed by atoms with van der Waals surface area (Å²) in [5, 5.41) is 0. The molecule has 0 aromatic heterocycles. The van der Waals surface area contributed by atoms with Crippen LogP contribution in [-0.2, 0) is 6.42 Å². The van der Waals surface area contributed by atoms with Gasteiger partial charge < -0.3 is 0 Å². The third-order valence-electron chi connectivity index (χ3n) is 4.65. The molecule has 1 aliphatic carbocycles. The van der Waals surface area contributed by atoms with Crippen LogP contribution in [0.4, 0.5) is 0 Å². The fourth-order valence-electron chi connectivity index (χ4n) is 3.54. The molecule has 4 rings (SSSR count). The lowest BCUT2D eigenvalue weighted by Crippen LogP contribution is -2.02. The second kappa shape index (κ2) is 4.89. The SMILES string of the molecule is Cc1ccccc1CC1c2ccccc2-c2ccccc21. The molecular formula is C21H18. The molecule has 0 saturated carbocycles. The van der Waals surface area contributed by atoms with Crippen molar-refractivity contribution in [3.05, 3.63) is 95.1 Å². The topological polar surface area (TPSA) is 0 Å². The minimum absolute atomic E-state index is 0.485. The number of hydrogen-bond donors (Lipinski definition) is 0. The van der Waals surface area contributed by atoms with Crippen LogP contribution in [0.3, 0.4) is 0 Å². The Morgan fingerprint density at radius 1 is 0.667 bits per heavy atom. The summed E-state index contributed by atoms with van der Waals surface area (Å²) in [5.41, 5.74) is 8.61. The Labute approximate surface area is 126 Å². The van der Waals surface area contributed by atoms with Gasteiger partial charge in [0.05, 0.1) is 0 Å². The van der Waals surface area contributed by atoms with Crippen LogP contribution in [0.25, 0.3) is 11.1 Å². The van der Waals surface area contributed by atoms with Gasteiger partial charge in [0.25, 0.3) is 0 Å². The summed E-state index contributed by atoms with van der Waals surface area (Å²) in [6.45, 7) is 2.21. The first-order valence-electron chi connectivity index (χ1n) is 7.57. The van der Waals surface area contributed by atoms with E-state index >= 15 is 0 Å². The Morgan fingerprint density at radius 2 is 1.19 bits per heavy atom. The predicted octanol–water partition coefficient (Wildman–Crippen LogP) is 5.35. The summed E-state index contributed by atoms with van der Waals surface area (Å²) >= 11 is 0. The van der Waals surface area contributed by atoms with Crippen molar-refractivity contribution in [3.8, 4) is 11.1 Å². The van der Waals surface area contributed by atoms with E-state index in [4.69, 9.17) is 0 Å². The summed E-state index contributed by atoms with van der Waals surface area (Å²) in [6.07, 6.45) is 1.08. The molecule has 0 saturated heterocycles. The molecule has 0 amide bonds. The third-order valence-corrected chi connectivity index (χ3v) is 4.65. The average Bonchev–Trinajstić information content (AvgIpc) is 2.85. The van der Waals surface area contributed by atoms with E-state index in [-0.39, 0.29) is 0 Å². The maximum absolute atomic E-state index is 2.29. The highest BCUT2D eigenvalue weighted by molar-refractivity contribution is 5.78. The molecule has 0 fully saturated rings. The molecule has 0 heterocycles. The van der Waals surface area contributed by atoms with Crippen molar-refractivity contribution in [1.82, 2.24) is 0 Å². The normalized spacial score (nSPS) is 13.0. The second-order valence-corrected chi connectivity index (χ2v) is 5.86. The van der Waals surface area contributed by atoms with Gasteiger partial charge in [0.2, 0.25) is 0 Å². The predicted molar refractivity (Wildman–Crippen MR) is 88.6 cm³/mol. The molecule has 0 heteroatoms. The van der Waals surface area contributed by atoms with Crippen LogP contribution in [-0.4, -0.2) is 0 Å². The van der Waals surface area contributed by atoms with E-state index in [1.807, 2.05) is 0 Å². The Hall–Kier alpha value is -2.34. The molecule has 0 aliphatic heterocycles. The summed E-state index contributed by atoms with van der Waals surface area (Å²) in [5.74, 6) is 0.485. The fourth-order valence-corrected chi connectivity index (χ4v) is 3.54. The van der Waals surface area contributed by atoms with Crippen LogP contribution in [0, 0.1) is 6.92 Å². The monoisotopic (exact) mass is 270 g/mol. The van der Waals surface area contributed by atoms with Gasteiger partial charge in [0, 0.05) is 5.92 Å². The van der Waals surface area contributed by atoms with Crippen LogP contribution in [0.1, 0.15) is 28.2 Å². The standard InChI is InChI=1S/C21H18/c1-15-8-2-3-9-16(15)14-21-19-12-6-4-10-17(19)18-11-5-7-13-20(18)21/h2-13,21H,14H2,1H3. The van der Waals surface area contributed by atoms with Crippen molar-refractivity contribution >= 4 is 0 Å². The quantitative estimate of drug-likeness (QED) is 0.589. The summed E-state index contributed by atoms with van der Waals surface area (Å²) < 4.78 is 0. The molecule has 0 unspecified atom stereocenters. The van der Waals surface area contributed by atoms with Crippen LogP contribution in [0.2, 0.25) is 0 Å². The lowest BCUT2D eigenvalue weighted by Gasteiger charge is -2.15. The maximum Gasteiger partial charge on any atom is 0.0142 e. The number of fused-ring (bicyclic) bond motifs is 3. The van der Waals surface area contributed by atoms with Crippen LogP contribution < -0.4 is 0 Å². The van der Waals surface area contributed by atoms with Crippen molar-refractivity contribution in [2.75, 3.05) is 0 Å². The minimum Gasteiger partial charge on any atom is -0.0620 e. The van der Waals surface area contributed by atoms with Crippen LogP contribution >= 0.6 is 0 Å². The first kappa shape index (κ1) is 12.4. The number of aryl methyl sites for hydroxylation is 1. The zero-order valence-electron chi connectivity index (χ0n) is 12.2. The number of rotatable bonds is 2. The molecule has 3 aromatic rings. The van der Waals surface area contributed by atoms with Gasteiger partial charge in [-0.3, -0.25) is 0 Å². The molecule has 0 spiro atoms. The van der Waals surface area contributed by atoms with Gasteiger partial charge in [-0.05, 0) is 46.7 Å². The highest BCUT2D eigenvalue weighted by Crippen LogP contribution is 2.46. The summed E-state index contributed by atoms with van der Waals surface area (Å²) in [6, 6.07) is 26.4. The molecular weight excluding hydrogens is 252 g/mol. The first-order chi connectivity index (χ1) is 10.3. The van der Waals surface area contributed by atoms with E-state index in [0.29, 0.717) is 5.92 Å². The van der Waals surface area contributed by atoms with Crippen LogP contribution in [0.5, 0.6) is 0 Å². The molecule has 0 nitrogen and oxygen atoms in total. The van der Waals surface area contributed by atoms with Gasteiger partial charge in [-0.1, -0.05) is 72.8 Å². The Kier molecular flexibility index (Phi) is 2.89. The largest absolute Gasteiger partial charge is 0.0620 e. The van der Waals surface area contributed by atoms with E-state index in [0.717, 1.165) is 6.42 Å². The smallest absolute Gasteiger partial charge is 0.0142 e. The first-order valence-corrected chi connectivity index (χ1v) is 7.57. The van der Waals surface area contributed by atoms with Crippen molar-refractivity contribution < 1.29 is 0 Å². The van der Waals surface area contributed by atoms with E-state index in [2.05, 4.69) is 79.7 Å². The third kappa shape index (κ3) is 1.99. The van der Waals surface area contributed by atoms with Crippen molar-refractivity contribution in [2.45, 2.75) is 19.3 Å². The zero-order chi connectivity index (χ0) is 14.2. The lowest BCUT2D eigenvalue weighted by atomic mass is 9.89. The molecule has 0 radical (unpaired) electrons. The molecule has 102 valence electrons. The van der Waals surface area contributed by atoms with E-state index in [1.165, 1.54) is 33.4 Å². The Balaban J connectivity index is 1.84. The minimum atomic E-state index is 0.485. The second-order valence-electron chi connectivity index (χ2n) is 5.86. The van der Waals surface area contributed by atoms with Crippen molar-refractivity contribution in [3.63, 3.8) is 0 Å². The molecule has 3 aromatic carbocycles. The van der Waals surface area contributed by atoms with Crippen molar-refractivity contribution in [1.29, 1.82) is 0 Å². The summed E-state index contributed by atoms with van der Waals surface area (Å²) in [7, 11) is 0. The van der Waals surface area contributed by atoms with Gasteiger partial charge in [-0.25, -0.2) is 0 Å². The average molecular weight is 270 g/mol. The van der Waals surface area contributed by atoms with Gasteiger partial charge >= 0.3 is 0 Å². The van der Waals surface area contributed by atoms with E-state index in [1.54, 1.807) is 0 Å². The molecule has 0 N–H and O–H groups in total. The Morgan fingerprint density at radius 3 is 1.81 bits per heavy atom. The van der Waals surface area contributed by atoms with E-state index in [9.17, 15) is 0 Å². The van der Waals surface area contributed by atoms with Gasteiger partial charge in [0.1, 0.15) is 0 Å². The number of hydrogen-bond acceptors (Lipinski definition) is 0. The Bertz CT molecular complexity index is 753. The highest BCUT2D eigenvalue weighted by Gasteiger charge is 2.28. The maximum atomic E-state index is 2.29. The number of benzene rings is 3. The van der Waals surface area contributed by atoms with Crippen molar-refractivity contribution in [2.24, 2.45) is 0 Å². The summed E-state index contributed by atoms with van der Waals surface area (Å²) in [4.78, 5) is 0. The zero-order valence-corrected chi connectivity index (χ0v) is 12.2.